The van der Waals surface area contributed by atoms with E-state index in [0.717, 1.165) is 23.0 Å². The molecule has 2 rings (SSSR count). The molecule has 0 unspecified atom stereocenters. The first-order valence-corrected chi connectivity index (χ1v) is 8.09. The van der Waals surface area contributed by atoms with Gasteiger partial charge in [0.05, 0.1) is 5.69 Å². The maximum Gasteiger partial charge on any atom is 0.131 e. The first-order chi connectivity index (χ1) is 9.82. The molecule has 0 aliphatic carbocycles. The molecule has 3 nitrogen and oxygen atoms in total. The van der Waals surface area contributed by atoms with Gasteiger partial charge < -0.3 is 10.1 Å². The van der Waals surface area contributed by atoms with Crippen molar-refractivity contribution in [2.75, 3.05) is 0 Å². The van der Waals surface area contributed by atoms with Gasteiger partial charge in [0.2, 0.25) is 0 Å². The van der Waals surface area contributed by atoms with E-state index in [1.165, 1.54) is 11.1 Å². The second-order valence-electron chi connectivity index (χ2n) is 6.45. The molecule has 0 spiro atoms. The molecular formula is C17H24N2OS. The van der Waals surface area contributed by atoms with Gasteiger partial charge in [0.25, 0.3) is 0 Å². The van der Waals surface area contributed by atoms with Gasteiger partial charge in [0.15, 0.2) is 0 Å². The highest BCUT2D eigenvalue weighted by Crippen LogP contribution is 2.18. The Kier molecular flexibility index (Phi) is 5.01. The number of thiazole rings is 1. The molecule has 0 radical (unpaired) electrons. The van der Waals surface area contributed by atoms with Crippen molar-refractivity contribution in [3.05, 3.63) is 45.4 Å². The van der Waals surface area contributed by atoms with Crippen LogP contribution >= 0.6 is 11.3 Å². The summed E-state index contributed by atoms with van der Waals surface area (Å²) in [5.74, 6) is 0.912. The van der Waals surface area contributed by atoms with Gasteiger partial charge in [-0.2, -0.15) is 0 Å². The lowest BCUT2D eigenvalue weighted by atomic mass is 10.1. The second-order valence-corrected chi connectivity index (χ2v) is 7.39. The molecule has 1 aromatic carbocycles. The lowest BCUT2D eigenvalue weighted by Gasteiger charge is -2.19. The summed E-state index contributed by atoms with van der Waals surface area (Å²) in [7, 11) is 0. The fourth-order valence-electron chi connectivity index (χ4n) is 2.01. The van der Waals surface area contributed by atoms with Gasteiger partial charge in [-0.15, -0.1) is 11.3 Å². The Labute approximate surface area is 131 Å². The van der Waals surface area contributed by atoms with Crippen LogP contribution in [0.3, 0.4) is 0 Å². The minimum Gasteiger partial charge on any atom is -0.487 e. The van der Waals surface area contributed by atoms with Crippen molar-refractivity contribution < 1.29 is 4.74 Å². The molecule has 0 saturated carbocycles. The van der Waals surface area contributed by atoms with Crippen molar-refractivity contribution in [3.8, 4) is 5.75 Å². The van der Waals surface area contributed by atoms with Crippen molar-refractivity contribution in [3.63, 3.8) is 0 Å². The summed E-state index contributed by atoms with van der Waals surface area (Å²) in [4.78, 5) is 4.60. The van der Waals surface area contributed by atoms with Crippen LogP contribution in [0.15, 0.2) is 23.6 Å². The van der Waals surface area contributed by atoms with Crippen LogP contribution in [0.4, 0.5) is 0 Å². The number of hydrogen-bond donors (Lipinski definition) is 1. The average molecular weight is 304 g/mol. The van der Waals surface area contributed by atoms with E-state index < -0.39 is 0 Å². The molecule has 1 heterocycles. The van der Waals surface area contributed by atoms with Crippen LogP contribution in [-0.4, -0.2) is 10.5 Å². The van der Waals surface area contributed by atoms with E-state index in [1.54, 1.807) is 11.3 Å². The summed E-state index contributed by atoms with van der Waals surface area (Å²) in [5, 5.41) is 6.62. The van der Waals surface area contributed by atoms with Gasteiger partial charge >= 0.3 is 0 Å². The van der Waals surface area contributed by atoms with Crippen LogP contribution in [0, 0.1) is 13.8 Å². The van der Waals surface area contributed by atoms with E-state index in [-0.39, 0.29) is 5.54 Å². The third-order valence-electron chi connectivity index (χ3n) is 2.95. The fraction of sp³-hybridized carbons (Fsp3) is 0.471. The van der Waals surface area contributed by atoms with Crippen LogP contribution in [0.2, 0.25) is 0 Å². The summed E-state index contributed by atoms with van der Waals surface area (Å²) in [6.45, 7) is 12.0. The van der Waals surface area contributed by atoms with E-state index in [1.807, 2.05) is 0 Å². The number of nitrogens with one attached hydrogen (secondary N) is 1. The van der Waals surface area contributed by atoms with Gasteiger partial charge in [0, 0.05) is 17.5 Å². The molecule has 0 amide bonds. The number of rotatable bonds is 5. The van der Waals surface area contributed by atoms with Gasteiger partial charge in [-0.1, -0.05) is 6.07 Å². The topological polar surface area (TPSA) is 34.1 Å². The number of nitrogens with zero attached hydrogens (tertiary/aromatic N) is 1. The molecule has 114 valence electrons. The number of benzene rings is 1. The third kappa shape index (κ3) is 5.48. The van der Waals surface area contributed by atoms with Crippen molar-refractivity contribution in [2.24, 2.45) is 0 Å². The Morgan fingerprint density at radius 2 is 1.81 bits per heavy atom. The summed E-state index contributed by atoms with van der Waals surface area (Å²) in [6, 6.07) is 6.26. The Morgan fingerprint density at radius 3 is 2.43 bits per heavy atom. The highest BCUT2D eigenvalue weighted by molar-refractivity contribution is 7.09. The van der Waals surface area contributed by atoms with Gasteiger partial charge in [-0.05, 0) is 57.9 Å². The molecule has 0 aliphatic heterocycles. The quantitative estimate of drug-likeness (QED) is 0.897. The van der Waals surface area contributed by atoms with Crippen molar-refractivity contribution in [2.45, 2.75) is 53.3 Å². The lowest BCUT2D eigenvalue weighted by Crippen LogP contribution is -2.35. The highest BCUT2D eigenvalue weighted by atomic mass is 32.1. The molecule has 4 heteroatoms. The molecular weight excluding hydrogens is 280 g/mol. The maximum absolute atomic E-state index is 5.84. The van der Waals surface area contributed by atoms with E-state index >= 15 is 0 Å². The van der Waals surface area contributed by atoms with Gasteiger partial charge in [-0.25, -0.2) is 4.98 Å². The Morgan fingerprint density at radius 1 is 1.14 bits per heavy atom. The van der Waals surface area contributed by atoms with E-state index in [4.69, 9.17) is 4.74 Å². The number of aromatic nitrogens is 1. The fourth-order valence-corrected chi connectivity index (χ4v) is 2.73. The average Bonchev–Trinajstić information content (AvgIpc) is 2.80. The Balaban J connectivity index is 1.90. The predicted octanol–water partition coefficient (Wildman–Crippen LogP) is 4.23. The van der Waals surface area contributed by atoms with Crippen LogP contribution in [0.1, 0.15) is 42.6 Å². The minimum atomic E-state index is 0.113. The molecule has 1 aromatic heterocycles. The van der Waals surface area contributed by atoms with E-state index in [0.29, 0.717) is 6.61 Å². The van der Waals surface area contributed by atoms with Crippen molar-refractivity contribution in [1.29, 1.82) is 0 Å². The third-order valence-corrected chi connectivity index (χ3v) is 3.85. The zero-order valence-corrected chi connectivity index (χ0v) is 14.3. The van der Waals surface area contributed by atoms with Crippen LogP contribution < -0.4 is 10.1 Å². The zero-order chi connectivity index (χ0) is 15.5. The van der Waals surface area contributed by atoms with Crippen molar-refractivity contribution in [1.82, 2.24) is 10.3 Å². The monoisotopic (exact) mass is 304 g/mol. The first-order valence-electron chi connectivity index (χ1n) is 7.21. The molecule has 0 fully saturated rings. The molecule has 0 atom stereocenters. The zero-order valence-electron chi connectivity index (χ0n) is 13.5. The molecule has 0 aliphatic rings. The van der Waals surface area contributed by atoms with Crippen LogP contribution in [0.5, 0.6) is 5.75 Å². The lowest BCUT2D eigenvalue weighted by molar-refractivity contribution is 0.301. The van der Waals surface area contributed by atoms with E-state index in [2.05, 4.69) is 68.5 Å². The van der Waals surface area contributed by atoms with Crippen LogP contribution in [-0.2, 0) is 13.2 Å². The Bertz CT molecular complexity index is 579. The van der Waals surface area contributed by atoms with Gasteiger partial charge in [0.1, 0.15) is 17.4 Å². The van der Waals surface area contributed by atoms with Crippen LogP contribution in [0.25, 0.3) is 0 Å². The molecule has 21 heavy (non-hydrogen) atoms. The second kappa shape index (κ2) is 6.58. The van der Waals surface area contributed by atoms with Gasteiger partial charge in [-0.3, -0.25) is 0 Å². The minimum absolute atomic E-state index is 0.113. The standard InChI is InChI=1S/C17H24N2OS/c1-12-6-13(2)8-15(7-12)20-10-14-11-21-16(19-14)9-18-17(3,4)5/h6-8,11,18H,9-10H2,1-5H3. The summed E-state index contributed by atoms with van der Waals surface area (Å²) in [5.41, 5.74) is 3.54. The maximum atomic E-state index is 5.84. The summed E-state index contributed by atoms with van der Waals surface area (Å²) < 4.78 is 5.84. The number of ether oxygens (including phenoxy) is 1. The normalized spacial score (nSPS) is 11.7. The molecule has 0 saturated heterocycles. The summed E-state index contributed by atoms with van der Waals surface area (Å²) in [6.07, 6.45) is 0. The highest BCUT2D eigenvalue weighted by Gasteiger charge is 2.10. The van der Waals surface area contributed by atoms with E-state index in [9.17, 15) is 0 Å². The number of hydrogen-bond acceptors (Lipinski definition) is 4. The smallest absolute Gasteiger partial charge is 0.131 e. The molecule has 0 bridgehead atoms. The van der Waals surface area contributed by atoms with Crippen molar-refractivity contribution >= 4 is 11.3 Å². The Hall–Kier alpha value is -1.39. The SMILES string of the molecule is Cc1cc(C)cc(OCc2csc(CNC(C)(C)C)n2)c1. The first kappa shape index (κ1) is 16.0. The predicted molar refractivity (Wildman–Crippen MR) is 89.0 cm³/mol. The summed E-state index contributed by atoms with van der Waals surface area (Å²) >= 11 is 1.68. The molecule has 2 aromatic rings. The molecule has 1 N–H and O–H groups in total. The number of aryl methyl sites for hydroxylation is 2. The largest absolute Gasteiger partial charge is 0.487 e.